The summed E-state index contributed by atoms with van der Waals surface area (Å²) in [5.74, 6) is 1.41. The third-order valence-corrected chi connectivity index (χ3v) is 5.72. The van der Waals surface area contributed by atoms with Gasteiger partial charge in [0.05, 0.1) is 0 Å². The van der Waals surface area contributed by atoms with Crippen molar-refractivity contribution in [1.82, 2.24) is 0 Å². The number of carbonyl (C=O) groups excluding carboxylic acids is 1. The van der Waals surface area contributed by atoms with Crippen LogP contribution in [0.4, 0.5) is 0 Å². The van der Waals surface area contributed by atoms with Gasteiger partial charge in [0.15, 0.2) is 0 Å². The van der Waals surface area contributed by atoms with Gasteiger partial charge in [-0.15, -0.1) is 0 Å². The Bertz CT molecular complexity index is 366. The van der Waals surface area contributed by atoms with E-state index < -0.39 is 0 Å². The number of rotatable bonds is 10. The molecule has 0 amide bonds. The fourth-order valence-electron chi connectivity index (χ4n) is 4.25. The maximum atomic E-state index is 11.5. The first-order chi connectivity index (χ1) is 10.8. The zero-order chi connectivity index (χ0) is 15.6. The van der Waals surface area contributed by atoms with Gasteiger partial charge in [-0.05, 0) is 31.6 Å². The molecule has 0 aromatic heterocycles. The van der Waals surface area contributed by atoms with Crippen molar-refractivity contribution in [2.24, 2.45) is 5.92 Å². The van der Waals surface area contributed by atoms with E-state index in [0.29, 0.717) is 5.78 Å². The lowest BCUT2D eigenvalue weighted by atomic mass is 9.75. The fraction of sp³-hybridized carbons (Fsp3) is 0.857. The number of hydrogen-bond donors (Lipinski definition) is 0. The van der Waals surface area contributed by atoms with Gasteiger partial charge < -0.3 is 0 Å². The van der Waals surface area contributed by atoms with E-state index in [9.17, 15) is 4.79 Å². The molecule has 1 heteroatoms. The second kappa shape index (κ2) is 10.2. The molecule has 22 heavy (non-hydrogen) atoms. The minimum atomic E-state index is 0.483. The Hall–Kier alpha value is -0.590. The summed E-state index contributed by atoms with van der Waals surface area (Å²) in [6, 6.07) is 0. The largest absolute Gasteiger partial charge is 0.299 e. The van der Waals surface area contributed by atoms with Crippen molar-refractivity contribution in [2.75, 3.05) is 0 Å². The third-order valence-electron chi connectivity index (χ3n) is 5.72. The first-order valence-corrected chi connectivity index (χ1v) is 10.0. The van der Waals surface area contributed by atoms with Crippen LogP contribution in [-0.4, -0.2) is 5.78 Å². The second-order valence-corrected chi connectivity index (χ2v) is 7.65. The highest BCUT2D eigenvalue weighted by atomic mass is 16.1. The molecule has 0 fully saturated rings. The molecule has 0 aromatic carbocycles. The molecule has 0 saturated carbocycles. The predicted molar refractivity (Wildman–Crippen MR) is 95.1 cm³/mol. The molecule has 0 heterocycles. The van der Waals surface area contributed by atoms with Gasteiger partial charge in [0.2, 0.25) is 0 Å². The van der Waals surface area contributed by atoms with Gasteiger partial charge in [-0.2, -0.15) is 0 Å². The normalized spacial score (nSPS) is 22.0. The number of unbranched alkanes of at least 4 members (excludes halogenated alkanes) is 8. The van der Waals surface area contributed by atoms with E-state index in [-0.39, 0.29) is 0 Å². The lowest BCUT2D eigenvalue weighted by molar-refractivity contribution is -0.118. The van der Waals surface area contributed by atoms with Crippen LogP contribution in [0, 0.1) is 5.92 Å². The average molecular weight is 305 g/mol. The summed E-state index contributed by atoms with van der Waals surface area (Å²) >= 11 is 0. The summed E-state index contributed by atoms with van der Waals surface area (Å²) in [4.78, 5) is 11.5. The van der Waals surface area contributed by atoms with Crippen LogP contribution in [0.25, 0.3) is 0 Å². The summed E-state index contributed by atoms with van der Waals surface area (Å²) < 4.78 is 0. The molecule has 126 valence electrons. The Morgan fingerprint density at radius 1 is 0.818 bits per heavy atom. The molecule has 0 N–H and O–H groups in total. The highest BCUT2D eigenvalue weighted by molar-refractivity contribution is 5.82. The lowest BCUT2D eigenvalue weighted by Crippen LogP contribution is -2.17. The van der Waals surface area contributed by atoms with Crippen molar-refractivity contribution in [3.8, 4) is 0 Å². The number of hydrogen-bond acceptors (Lipinski definition) is 1. The summed E-state index contributed by atoms with van der Waals surface area (Å²) in [6.45, 7) is 2.29. The van der Waals surface area contributed by atoms with Crippen LogP contribution in [0.5, 0.6) is 0 Å². The maximum absolute atomic E-state index is 11.5. The molecule has 1 unspecified atom stereocenters. The molecule has 1 atom stereocenters. The molecular formula is C21H36O. The molecule has 2 aliphatic rings. The lowest BCUT2D eigenvalue weighted by Gasteiger charge is -2.30. The number of Topliss-reactive ketones (excluding diaryl/α,β-unsaturated/α-hetero) is 1. The van der Waals surface area contributed by atoms with Crippen molar-refractivity contribution in [3.63, 3.8) is 0 Å². The topological polar surface area (TPSA) is 17.1 Å². The highest BCUT2D eigenvalue weighted by Gasteiger charge is 2.25. The molecule has 1 nitrogen and oxygen atoms in total. The summed E-state index contributed by atoms with van der Waals surface area (Å²) in [6.07, 6.45) is 20.9. The Labute approximate surface area is 137 Å². The van der Waals surface area contributed by atoms with Crippen molar-refractivity contribution in [2.45, 2.75) is 110 Å². The zero-order valence-electron chi connectivity index (χ0n) is 14.8. The van der Waals surface area contributed by atoms with Crippen molar-refractivity contribution in [1.29, 1.82) is 0 Å². The van der Waals surface area contributed by atoms with Crippen LogP contribution in [0.1, 0.15) is 110 Å². The quantitative estimate of drug-likeness (QED) is 0.322. The van der Waals surface area contributed by atoms with Gasteiger partial charge in [-0.3, -0.25) is 4.79 Å². The molecule has 0 aromatic rings. The third kappa shape index (κ3) is 6.26. The Balaban J connectivity index is 1.49. The molecule has 2 rings (SSSR count). The second-order valence-electron chi connectivity index (χ2n) is 7.65. The number of ketones is 1. The van der Waals surface area contributed by atoms with Crippen LogP contribution in [0.15, 0.2) is 11.1 Å². The van der Waals surface area contributed by atoms with Gasteiger partial charge in [0.1, 0.15) is 5.78 Å². The van der Waals surface area contributed by atoms with E-state index in [1.807, 2.05) is 0 Å². The van der Waals surface area contributed by atoms with Gasteiger partial charge in [0, 0.05) is 12.8 Å². The van der Waals surface area contributed by atoms with E-state index in [2.05, 4.69) is 6.92 Å². The van der Waals surface area contributed by atoms with E-state index in [0.717, 1.165) is 25.2 Å². The first-order valence-electron chi connectivity index (χ1n) is 10.0. The summed E-state index contributed by atoms with van der Waals surface area (Å²) in [5.41, 5.74) is 3.20. The zero-order valence-corrected chi connectivity index (χ0v) is 14.8. The fourth-order valence-corrected chi connectivity index (χ4v) is 4.25. The van der Waals surface area contributed by atoms with E-state index in [1.165, 1.54) is 89.0 Å². The Morgan fingerprint density at radius 2 is 1.50 bits per heavy atom. The molecule has 0 radical (unpaired) electrons. The number of carbonyl (C=O) groups is 1. The minimum absolute atomic E-state index is 0.483. The molecule has 0 aliphatic heterocycles. The van der Waals surface area contributed by atoms with Gasteiger partial charge in [0.25, 0.3) is 0 Å². The standard InChI is InChI=1S/C21H36O/c1-2-3-4-5-6-7-8-9-10-11-18-12-13-20-17-21(22)15-14-19(20)16-18/h18H,2-17H2,1H3. The SMILES string of the molecule is CCCCCCCCCCCC1CCC2=C(CCC(=O)C2)C1. The molecular weight excluding hydrogens is 268 g/mol. The minimum Gasteiger partial charge on any atom is -0.299 e. The Kier molecular flexibility index (Phi) is 8.26. The first kappa shape index (κ1) is 17.8. The van der Waals surface area contributed by atoms with E-state index in [4.69, 9.17) is 0 Å². The van der Waals surface area contributed by atoms with Crippen molar-refractivity contribution >= 4 is 5.78 Å². The highest BCUT2D eigenvalue weighted by Crippen LogP contribution is 2.38. The van der Waals surface area contributed by atoms with Crippen LogP contribution < -0.4 is 0 Å². The van der Waals surface area contributed by atoms with Crippen LogP contribution in [0.3, 0.4) is 0 Å². The molecule has 2 aliphatic carbocycles. The van der Waals surface area contributed by atoms with Gasteiger partial charge in [-0.25, -0.2) is 0 Å². The van der Waals surface area contributed by atoms with Crippen molar-refractivity contribution < 1.29 is 4.79 Å². The van der Waals surface area contributed by atoms with E-state index >= 15 is 0 Å². The number of allylic oxidation sites excluding steroid dienone is 2. The van der Waals surface area contributed by atoms with Gasteiger partial charge in [-0.1, -0.05) is 82.3 Å². The predicted octanol–water partition coefficient (Wildman–Crippen LogP) is 6.76. The maximum Gasteiger partial charge on any atom is 0.137 e. The Morgan fingerprint density at radius 3 is 2.23 bits per heavy atom. The summed E-state index contributed by atoms with van der Waals surface area (Å²) in [5, 5.41) is 0. The smallest absolute Gasteiger partial charge is 0.137 e. The molecule has 0 spiro atoms. The van der Waals surface area contributed by atoms with Crippen LogP contribution >= 0.6 is 0 Å². The average Bonchev–Trinajstić information content (AvgIpc) is 2.53. The van der Waals surface area contributed by atoms with E-state index in [1.54, 1.807) is 5.57 Å². The van der Waals surface area contributed by atoms with Crippen LogP contribution in [0.2, 0.25) is 0 Å². The monoisotopic (exact) mass is 304 g/mol. The molecule has 0 saturated heterocycles. The van der Waals surface area contributed by atoms with Crippen molar-refractivity contribution in [3.05, 3.63) is 11.1 Å². The summed E-state index contributed by atoms with van der Waals surface area (Å²) in [7, 11) is 0. The molecule has 0 bridgehead atoms. The van der Waals surface area contributed by atoms with Gasteiger partial charge >= 0.3 is 0 Å². The van der Waals surface area contributed by atoms with Crippen LogP contribution in [-0.2, 0) is 4.79 Å².